The second kappa shape index (κ2) is 5.32. The fourth-order valence-corrected chi connectivity index (χ4v) is 1.09. The first-order valence-corrected chi connectivity index (χ1v) is 4.42. The summed E-state index contributed by atoms with van der Waals surface area (Å²) in [6, 6.07) is 3.13. The van der Waals surface area contributed by atoms with Gasteiger partial charge in [-0.25, -0.2) is 4.98 Å². The number of ether oxygens (including phenoxy) is 1. The normalized spacial score (nSPS) is 9.86. The van der Waals surface area contributed by atoms with Gasteiger partial charge in [0.15, 0.2) is 0 Å². The highest BCUT2D eigenvalue weighted by molar-refractivity contribution is 5.65. The van der Waals surface area contributed by atoms with Gasteiger partial charge in [-0.15, -0.1) is 0 Å². The number of carbonyl (C=O) groups excluding carboxylic acids is 1. The van der Waals surface area contributed by atoms with Crippen molar-refractivity contribution < 1.29 is 13.9 Å². The van der Waals surface area contributed by atoms with Crippen molar-refractivity contribution in [2.24, 2.45) is 0 Å². The van der Waals surface area contributed by atoms with E-state index in [-0.39, 0.29) is 5.97 Å². The van der Waals surface area contributed by atoms with Crippen LogP contribution in [0.1, 0.15) is 18.9 Å². The highest BCUT2D eigenvalue weighted by Gasteiger charge is 1.97. The topological polar surface area (TPSA) is 39.2 Å². The lowest BCUT2D eigenvalue weighted by Gasteiger charge is -2.01. The Hall–Kier alpha value is -1.45. The first-order chi connectivity index (χ1) is 6.68. The van der Waals surface area contributed by atoms with Crippen LogP contribution < -0.4 is 0 Å². The van der Waals surface area contributed by atoms with Gasteiger partial charge >= 0.3 is 5.97 Å². The molecule has 0 unspecified atom stereocenters. The lowest BCUT2D eigenvalue weighted by atomic mass is 10.1. The molecule has 0 spiro atoms. The number of hydrogen-bond acceptors (Lipinski definition) is 3. The number of aromatic nitrogens is 1. The Morgan fingerprint density at radius 1 is 1.64 bits per heavy atom. The molecule has 0 aliphatic heterocycles. The van der Waals surface area contributed by atoms with Crippen molar-refractivity contribution in [2.75, 3.05) is 6.61 Å². The first kappa shape index (κ1) is 10.6. The number of hydrogen-bond donors (Lipinski definition) is 0. The molecule has 0 radical (unpaired) electrons. The van der Waals surface area contributed by atoms with Gasteiger partial charge in [-0.1, -0.05) is 0 Å². The van der Waals surface area contributed by atoms with Gasteiger partial charge in [0, 0.05) is 13.1 Å². The summed E-state index contributed by atoms with van der Waals surface area (Å²) >= 11 is 0. The molecule has 14 heavy (non-hydrogen) atoms. The average molecular weight is 197 g/mol. The molecule has 0 aliphatic carbocycles. The number of aryl methyl sites for hydroxylation is 1. The van der Waals surface area contributed by atoms with E-state index in [1.165, 1.54) is 19.2 Å². The van der Waals surface area contributed by atoms with Crippen molar-refractivity contribution in [1.29, 1.82) is 0 Å². The lowest BCUT2D eigenvalue weighted by molar-refractivity contribution is -0.141. The molecule has 1 heterocycles. The minimum absolute atomic E-state index is 0.286. The Bertz CT molecular complexity index is 315. The zero-order valence-corrected chi connectivity index (χ0v) is 8.00. The van der Waals surface area contributed by atoms with Crippen LogP contribution in [0.25, 0.3) is 0 Å². The van der Waals surface area contributed by atoms with Gasteiger partial charge in [-0.05, 0) is 30.5 Å². The van der Waals surface area contributed by atoms with E-state index in [9.17, 15) is 9.18 Å². The molecule has 3 nitrogen and oxygen atoms in total. The molecule has 1 aromatic heterocycles. The fourth-order valence-electron chi connectivity index (χ4n) is 1.09. The molecular formula is C10H12FNO2. The molecule has 76 valence electrons. The smallest absolute Gasteiger partial charge is 0.302 e. The van der Waals surface area contributed by atoms with Crippen LogP contribution in [0.5, 0.6) is 0 Å². The molecule has 1 aromatic rings. The molecule has 4 heteroatoms. The number of pyridine rings is 1. The predicted molar refractivity (Wildman–Crippen MR) is 49.1 cm³/mol. The Labute approximate surface area is 81.9 Å². The highest BCUT2D eigenvalue weighted by atomic mass is 19.1. The third-order valence-electron chi connectivity index (χ3n) is 1.71. The van der Waals surface area contributed by atoms with Crippen molar-refractivity contribution in [3.63, 3.8) is 0 Å². The van der Waals surface area contributed by atoms with Crippen molar-refractivity contribution in [1.82, 2.24) is 4.98 Å². The molecule has 0 atom stereocenters. The quantitative estimate of drug-likeness (QED) is 0.419. The van der Waals surface area contributed by atoms with Crippen LogP contribution in [0, 0.1) is 5.95 Å². The standard InChI is InChI=1S/C10H12FNO2/c1-8(13)14-6-2-3-9-4-5-12-10(11)7-9/h4-5,7H,2-3,6H2,1H3. The average Bonchev–Trinajstić information content (AvgIpc) is 2.12. The highest BCUT2D eigenvalue weighted by Crippen LogP contribution is 2.03. The second-order valence-electron chi connectivity index (χ2n) is 2.93. The Balaban J connectivity index is 2.28. The van der Waals surface area contributed by atoms with Crippen LogP contribution in [-0.4, -0.2) is 17.6 Å². The second-order valence-corrected chi connectivity index (χ2v) is 2.93. The number of nitrogens with zero attached hydrogens (tertiary/aromatic N) is 1. The summed E-state index contributed by atoms with van der Waals surface area (Å²) in [5.41, 5.74) is 0.865. The molecule has 1 rings (SSSR count). The third-order valence-corrected chi connectivity index (χ3v) is 1.71. The van der Waals surface area contributed by atoms with E-state index in [4.69, 9.17) is 4.74 Å². The first-order valence-electron chi connectivity index (χ1n) is 4.42. The summed E-state index contributed by atoms with van der Waals surface area (Å²) in [5.74, 6) is -0.763. The molecular weight excluding hydrogens is 185 g/mol. The van der Waals surface area contributed by atoms with Crippen LogP contribution in [0.15, 0.2) is 18.3 Å². The molecule has 0 saturated carbocycles. The summed E-state index contributed by atoms with van der Waals surface area (Å²) < 4.78 is 17.4. The van der Waals surface area contributed by atoms with Gasteiger partial charge in [0.25, 0.3) is 0 Å². The predicted octanol–water partition coefficient (Wildman–Crippen LogP) is 1.72. The molecule has 0 saturated heterocycles. The van der Waals surface area contributed by atoms with E-state index in [0.717, 1.165) is 5.56 Å². The summed E-state index contributed by atoms with van der Waals surface area (Å²) in [5, 5.41) is 0. The van der Waals surface area contributed by atoms with Crippen molar-refractivity contribution in [3.05, 3.63) is 29.8 Å². The number of carbonyl (C=O) groups is 1. The zero-order valence-electron chi connectivity index (χ0n) is 8.00. The van der Waals surface area contributed by atoms with Crippen LogP contribution in [-0.2, 0) is 16.0 Å². The number of halogens is 1. The van der Waals surface area contributed by atoms with Gasteiger partial charge in [0.1, 0.15) is 0 Å². The van der Waals surface area contributed by atoms with Crippen molar-refractivity contribution >= 4 is 5.97 Å². The van der Waals surface area contributed by atoms with E-state index in [2.05, 4.69) is 4.98 Å². The largest absolute Gasteiger partial charge is 0.466 e. The molecule has 0 aliphatic rings. The summed E-state index contributed by atoms with van der Waals surface area (Å²) in [4.78, 5) is 13.9. The van der Waals surface area contributed by atoms with E-state index in [1.54, 1.807) is 6.07 Å². The van der Waals surface area contributed by atoms with Crippen molar-refractivity contribution in [2.45, 2.75) is 19.8 Å². The maximum absolute atomic E-state index is 12.6. The number of esters is 1. The monoisotopic (exact) mass is 197 g/mol. The molecule has 0 N–H and O–H groups in total. The van der Waals surface area contributed by atoms with E-state index in [0.29, 0.717) is 19.4 Å². The maximum atomic E-state index is 12.6. The van der Waals surface area contributed by atoms with Crippen LogP contribution in [0.4, 0.5) is 4.39 Å². The SMILES string of the molecule is CC(=O)OCCCc1ccnc(F)c1. The van der Waals surface area contributed by atoms with Crippen LogP contribution >= 0.6 is 0 Å². The minimum Gasteiger partial charge on any atom is -0.466 e. The number of rotatable bonds is 4. The lowest BCUT2D eigenvalue weighted by Crippen LogP contribution is -2.01. The Morgan fingerprint density at radius 2 is 2.43 bits per heavy atom. The van der Waals surface area contributed by atoms with E-state index in [1.807, 2.05) is 0 Å². The van der Waals surface area contributed by atoms with Crippen molar-refractivity contribution in [3.8, 4) is 0 Å². The third kappa shape index (κ3) is 3.98. The fraction of sp³-hybridized carbons (Fsp3) is 0.400. The summed E-state index contributed by atoms with van der Waals surface area (Å²) in [7, 11) is 0. The van der Waals surface area contributed by atoms with Gasteiger partial charge in [-0.3, -0.25) is 4.79 Å². The van der Waals surface area contributed by atoms with Gasteiger partial charge in [0.05, 0.1) is 6.61 Å². The minimum atomic E-state index is -0.477. The summed E-state index contributed by atoms with van der Waals surface area (Å²) in [6.07, 6.45) is 2.81. The van der Waals surface area contributed by atoms with Gasteiger partial charge in [-0.2, -0.15) is 4.39 Å². The Kier molecular flexibility index (Phi) is 4.04. The molecule has 0 fully saturated rings. The van der Waals surface area contributed by atoms with Gasteiger partial charge < -0.3 is 4.74 Å². The summed E-state index contributed by atoms with van der Waals surface area (Å²) in [6.45, 7) is 1.74. The molecule has 0 aromatic carbocycles. The molecule has 0 bridgehead atoms. The van der Waals surface area contributed by atoms with Crippen LogP contribution in [0.3, 0.4) is 0 Å². The Morgan fingerprint density at radius 3 is 3.07 bits per heavy atom. The van der Waals surface area contributed by atoms with Crippen LogP contribution in [0.2, 0.25) is 0 Å². The van der Waals surface area contributed by atoms with E-state index >= 15 is 0 Å². The zero-order chi connectivity index (χ0) is 10.4. The maximum Gasteiger partial charge on any atom is 0.302 e. The van der Waals surface area contributed by atoms with Gasteiger partial charge in [0.2, 0.25) is 5.95 Å². The molecule has 0 amide bonds. The van der Waals surface area contributed by atoms with E-state index < -0.39 is 5.95 Å².